The molecule has 0 spiro atoms. The van der Waals surface area contributed by atoms with Crippen molar-refractivity contribution in [1.82, 2.24) is 4.98 Å². The topological polar surface area (TPSA) is 48.4 Å². The molecule has 2 heterocycles. The summed E-state index contributed by atoms with van der Waals surface area (Å²) in [6, 6.07) is 6.19. The molecule has 1 aliphatic carbocycles. The summed E-state index contributed by atoms with van der Waals surface area (Å²) in [6.45, 7) is 4.97. The Balaban J connectivity index is 1.70. The minimum atomic E-state index is -0.410. The summed E-state index contributed by atoms with van der Waals surface area (Å²) >= 11 is 0. The number of aliphatic hydroxyl groups is 1. The maximum atomic E-state index is 10.8. The van der Waals surface area contributed by atoms with E-state index in [1.165, 1.54) is 12.8 Å². The summed E-state index contributed by atoms with van der Waals surface area (Å²) in [7, 11) is 0. The lowest BCUT2D eigenvalue weighted by Crippen LogP contribution is -2.53. The van der Waals surface area contributed by atoms with Crippen LogP contribution in [0, 0.1) is 5.92 Å². The summed E-state index contributed by atoms with van der Waals surface area (Å²) in [4.78, 5) is 7.08. The predicted octanol–water partition coefficient (Wildman–Crippen LogP) is 3.03. The Morgan fingerprint density at radius 1 is 1.38 bits per heavy atom. The van der Waals surface area contributed by atoms with Crippen LogP contribution in [0.25, 0.3) is 0 Å². The molecule has 116 valence electrons. The summed E-state index contributed by atoms with van der Waals surface area (Å²) in [6.07, 6.45) is 6.56. The quantitative estimate of drug-likeness (QED) is 0.894. The number of aromatic nitrogens is 1. The molecule has 1 aromatic rings. The molecule has 2 aliphatic rings. The fourth-order valence-electron chi connectivity index (χ4n) is 3.73. The molecule has 1 saturated carbocycles. The molecular formula is C17H27N3O. The van der Waals surface area contributed by atoms with Crippen molar-refractivity contribution in [2.45, 2.75) is 51.0 Å². The van der Waals surface area contributed by atoms with Crippen molar-refractivity contribution in [3.05, 3.63) is 18.2 Å². The van der Waals surface area contributed by atoms with Gasteiger partial charge in [0.05, 0.1) is 5.60 Å². The van der Waals surface area contributed by atoms with Gasteiger partial charge in [-0.05, 0) is 37.8 Å². The predicted molar refractivity (Wildman–Crippen MR) is 86.8 cm³/mol. The Morgan fingerprint density at radius 3 is 3.14 bits per heavy atom. The lowest BCUT2D eigenvalue weighted by atomic mass is 9.71. The van der Waals surface area contributed by atoms with Crippen LogP contribution in [0.15, 0.2) is 18.2 Å². The fraction of sp³-hybridized carbons (Fsp3) is 0.706. The van der Waals surface area contributed by atoms with Crippen LogP contribution in [0.3, 0.4) is 0 Å². The number of nitrogens with one attached hydrogen (secondary N) is 1. The normalized spacial score (nSPS) is 29.0. The van der Waals surface area contributed by atoms with E-state index < -0.39 is 5.60 Å². The number of fused-ring (bicyclic) bond motifs is 1. The molecule has 4 heteroatoms. The molecule has 0 amide bonds. The SMILES string of the molecule is CCCNc1cccc(N2CCC3(O)CCCCC3C2)n1. The summed E-state index contributed by atoms with van der Waals surface area (Å²) in [5.74, 6) is 2.41. The molecule has 0 bridgehead atoms. The highest BCUT2D eigenvalue weighted by molar-refractivity contribution is 5.47. The highest BCUT2D eigenvalue weighted by Gasteiger charge is 2.42. The van der Waals surface area contributed by atoms with Crippen molar-refractivity contribution in [2.75, 3.05) is 29.9 Å². The smallest absolute Gasteiger partial charge is 0.130 e. The van der Waals surface area contributed by atoms with E-state index in [1.807, 2.05) is 6.07 Å². The number of piperidine rings is 1. The van der Waals surface area contributed by atoms with Gasteiger partial charge in [0.1, 0.15) is 11.6 Å². The molecule has 2 fully saturated rings. The van der Waals surface area contributed by atoms with Gasteiger partial charge in [0.2, 0.25) is 0 Å². The third-order valence-corrected chi connectivity index (χ3v) is 5.04. The maximum Gasteiger partial charge on any atom is 0.130 e. The van der Waals surface area contributed by atoms with Gasteiger partial charge < -0.3 is 15.3 Å². The molecule has 2 atom stereocenters. The molecule has 0 aromatic carbocycles. The maximum absolute atomic E-state index is 10.8. The average Bonchev–Trinajstić information content (AvgIpc) is 2.52. The van der Waals surface area contributed by atoms with E-state index in [-0.39, 0.29) is 0 Å². The number of hydrogen-bond acceptors (Lipinski definition) is 4. The van der Waals surface area contributed by atoms with Gasteiger partial charge in [-0.3, -0.25) is 0 Å². The van der Waals surface area contributed by atoms with Crippen LogP contribution in [-0.4, -0.2) is 35.3 Å². The van der Waals surface area contributed by atoms with E-state index in [4.69, 9.17) is 4.98 Å². The van der Waals surface area contributed by atoms with E-state index in [2.05, 4.69) is 29.3 Å². The Labute approximate surface area is 127 Å². The van der Waals surface area contributed by atoms with Crippen LogP contribution in [0.2, 0.25) is 0 Å². The van der Waals surface area contributed by atoms with Crippen LogP contribution in [-0.2, 0) is 0 Å². The Kier molecular flexibility index (Phi) is 4.34. The largest absolute Gasteiger partial charge is 0.389 e. The van der Waals surface area contributed by atoms with Crippen molar-refractivity contribution in [3.8, 4) is 0 Å². The first-order valence-electron chi connectivity index (χ1n) is 8.39. The number of pyridine rings is 1. The van der Waals surface area contributed by atoms with Gasteiger partial charge in [-0.1, -0.05) is 25.8 Å². The van der Waals surface area contributed by atoms with E-state index >= 15 is 0 Å². The first-order valence-corrected chi connectivity index (χ1v) is 8.39. The van der Waals surface area contributed by atoms with Crippen LogP contribution in [0.5, 0.6) is 0 Å². The zero-order valence-electron chi connectivity index (χ0n) is 13.0. The standard InChI is InChI=1S/C17H27N3O/c1-2-11-18-15-7-5-8-16(19-15)20-12-10-17(21)9-4-3-6-14(17)13-20/h5,7-8,14,21H,2-4,6,9-13H2,1H3,(H,18,19). The summed E-state index contributed by atoms with van der Waals surface area (Å²) in [5, 5.41) is 14.1. The zero-order valence-corrected chi connectivity index (χ0v) is 13.0. The molecule has 2 N–H and O–H groups in total. The highest BCUT2D eigenvalue weighted by Crippen LogP contribution is 2.40. The van der Waals surface area contributed by atoms with Gasteiger partial charge in [-0.2, -0.15) is 0 Å². The molecule has 4 nitrogen and oxygen atoms in total. The first kappa shape index (κ1) is 14.6. The first-order chi connectivity index (χ1) is 10.2. The molecule has 21 heavy (non-hydrogen) atoms. The van der Waals surface area contributed by atoms with Crippen molar-refractivity contribution in [1.29, 1.82) is 0 Å². The van der Waals surface area contributed by atoms with E-state index in [9.17, 15) is 5.11 Å². The number of nitrogens with zero attached hydrogens (tertiary/aromatic N) is 2. The van der Waals surface area contributed by atoms with Crippen LogP contribution >= 0.6 is 0 Å². The Bertz CT molecular complexity index is 479. The minimum Gasteiger partial charge on any atom is -0.389 e. The lowest BCUT2D eigenvalue weighted by molar-refractivity contribution is -0.0613. The molecule has 1 saturated heterocycles. The van der Waals surface area contributed by atoms with Crippen LogP contribution < -0.4 is 10.2 Å². The summed E-state index contributed by atoms with van der Waals surface area (Å²) < 4.78 is 0. The van der Waals surface area contributed by atoms with Crippen molar-refractivity contribution in [2.24, 2.45) is 5.92 Å². The van der Waals surface area contributed by atoms with Crippen molar-refractivity contribution < 1.29 is 5.11 Å². The zero-order chi connectivity index (χ0) is 14.7. The Morgan fingerprint density at radius 2 is 2.29 bits per heavy atom. The minimum absolute atomic E-state index is 0.410. The summed E-state index contributed by atoms with van der Waals surface area (Å²) in [5.41, 5.74) is -0.410. The van der Waals surface area contributed by atoms with Crippen molar-refractivity contribution in [3.63, 3.8) is 0 Å². The number of hydrogen-bond donors (Lipinski definition) is 2. The lowest BCUT2D eigenvalue weighted by Gasteiger charge is -2.47. The molecule has 1 aliphatic heterocycles. The highest BCUT2D eigenvalue weighted by atomic mass is 16.3. The van der Waals surface area contributed by atoms with E-state index in [0.29, 0.717) is 5.92 Å². The van der Waals surface area contributed by atoms with Gasteiger partial charge in [0.25, 0.3) is 0 Å². The second-order valence-electron chi connectivity index (χ2n) is 6.55. The number of rotatable bonds is 4. The second-order valence-corrected chi connectivity index (χ2v) is 6.55. The molecule has 1 aromatic heterocycles. The van der Waals surface area contributed by atoms with E-state index in [0.717, 1.165) is 57.0 Å². The van der Waals surface area contributed by atoms with Gasteiger partial charge >= 0.3 is 0 Å². The third kappa shape index (κ3) is 3.15. The van der Waals surface area contributed by atoms with Gasteiger partial charge in [0, 0.05) is 25.6 Å². The monoisotopic (exact) mass is 289 g/mol. The van der Waals surface area contributed by atoms with Gasteiger partial charge in [0.15, 0.2) is 0 Å². The van der Waals surface area contributed by atoms with E-state index in [1.54, 1.807) is 0 Å². The molecule has 3 rings (SSSR count). The third-order valence-electron chi connectivity index (χ3n) is 5.04. The van der Waals surface area contributed by atoms with Gasteiger partial charge in [-0.15, -0.1) is 0 Å². The van der Waals surface area contributed by atoms with Crippen LogP contribution in [0.4, 0.5) is 11.6 Å². The van der Waals surface area contributed by atoms with Gasteiger partial charge in [-0.25, -0.2) is 4.98 Å². The molecule has 0 radical (unpaired) electrons. The average molecular weight is 289 g/mol. The number of anilines is 2. The molecular weight excluding hydrogens is 262 g/mol. The second kappa shape index (κ2) is 6.22. The van der Waals surface area contributed by atoms with Crippen molar-refractivity contribution >= 4 is 11.6 Å². The van der Waals surface area contributed by atoms with Crippen LogP contribution in [0.1, 0.15) is 45.4 Å². The molecule has 2 unspecified atom stereocenters. The fourth-order valence-corrected chi connectivity index (χ4v) is 3.73. The Hall–Kier alpha value is -1.29.